The molecule has 3 aromatic rings. The summed E-state index contributed by atoms with van der Waals surface area (Å²) in [5.41, 5.74) is 1.97. The van der Waals surface area contributed by atoms with Gasteiger partial charge in [-0.15, -0.1) is 0 Å². The first-order valence-electron chi connectivity index (χ1n) is 7.98. The largest absolute Gasteiger partial charge is 0.448 e. The highest BCUT2D eigenvalue weighted by atomic mass is 127. The summed E-state index contributed by atoms with van der Waals surface area (Å²) < 4.78 is 20.6. The molecular weight excluding hydrogens is 468 g/mol. The van der Waals surface area contributed by atoms with Crippen LogP contribution < -0.4 is 10.8 Å². The van der Waals surface area contributed by atoms with Crippen molar-refractivity contribution in [3.63, 3.8) is 0 Å². The van der Waals surface area contributed by atoms with Crippen molar-refractivity contribution >= 4 is 50.8 Å². The van der Waals surface area contributed by atoms with Crippen molar-refractivity contribution in [2.24, 2.45) is 0 Å². The number of carbonyl (C=O) groups excluding carboxylic acids is 1. The molecular formula is C18H17FIN3O4. The van der Waals surface area contributed by atoms with E-state index in [1.165, 1.54) is 18.5 Å². The second-order valence-electron chi connectivity index (χ2n) is 6.46. The third kappa shape index (κ3) is 4.73. The quantitative estimate of drug-likeness (QED) is 0.364. The normalized spacial score (nSPS) is 11.6. The molecule has 1 amide bonds. The fourth-order valence-electron chi connectivity index (χ4n) is 2.28. The van der Waals surface area contributed by atoms with Gasteiger partial charge in [-0.1, -0.05) is 0 Å². The summed E-state index contributed by atoms with van der Waals surface area (Å²) in [5.74, 6) is -1.24. The number of hydrogen-bond donors (Lipinski definition) is 3. The molecule has 3 N–H and O–H groups in total. The van der Waals surface area contributed by atoms with Gasteiger partial charge in [-0.25, -0.2) is 9.87 Å². The van der Waals surface area contributed by atoms with Crippen LogP contribution >= 0.6 is 22.6 Å². The number of aromatic nitrogens is 1. The van der Waals surface area contributed by atoms with Crippen LogP contribution in [-0.2, 0) is 4.84 Å². The lowest BCUT2D eigenvalue weighted by Crippen LogP contribution is -2.33. The minimum atomic E-state index is -1.11. The maximum absolute atomic E-state index is 14.2. The predicted octanol–water partition coefficient (Wildman–Crippen LogP) is 3.75. The number of hydroxylamine groups is 1. The number of pyridine rings is 1. The van der Waals surface area contributed by atoms with Crippen LogP contribution in [0.25, 0.3) is 11.0 Å². The van der Waals surface area contributed by atoms with Crippen molar-refractivity contribution < 1.29 is 23.5 Å². The van der Waals surface area contributed by atoms with Gasteiger partial charge >= 0.3 is 5.91 Å². The number of benzene rings is 1. The first-order chi connectivity index (χ1) is 12.7. The van der Waals surface area contributed by atoms with E-state index in [0.29, 0.717) is 11.0 Å². The van der Waals surface area contributed by atoms with Crippen molar-refractivity contribution in [2.75, 3.05) is 11.9 Å². The van der Waals surface area contributed by atoms with E-state index in [-0.39, 0.29) is 23.7 Å². The summed E-state index contributed by atoms with van der Waals surface area (Å²) in [7, 11) is 0. The van der Waals surface area contributed by atoms with Gasteiger partial charge in [0.25, 0.3) is 0 Å². The fraction of sp³-hybridized carbons (Fsp3) is 0.222. The van der Waals surface area contributed by atoms with Crippen LogP contribution in [-0.4, -0.2) is 28.2 Å². The Morgan fingerprint density at radius 1 is 1.41 bits per heavy atom. The summed E-state index contributed by atoms with van der Waals surface area (Å²) in [6.07, 6.45) is 3.04. The molecule has 0 aliphatic rings. The molecule has 0 unspecified atom stereocenters. The first kappa shape index (κ1) is 19.5. The molecule has 1 aromatic carbocycles. The van der Waals surface area contributed by atoms with Crippen molar-refractivity contribution in [1.82, 2.24) is 10.5 Å². The Morgan fingerprint density at radius 3 is 2.89 bits per heavy atom. The maximum Gasteiger partial charge on any atom is 0.312 e. The predicted molar refractivity (Wildman–Crippen MR) is 106 cm³/mol. The molecule has 0 saturated carbocycles. The third-order valence-corrected chi connectivity index (χ3v) is 4.15. The van der Waals surface area contributed by atoms with Crippen molar-refractivity contribution in [2.45, 2.75) is 19.4 Å². The number of hydrogen-bond acceptors (Lipinski definition) is 6. The van der Waals surface area contributed by atoms with Crippen LogP contribution in [0.1, 0.15) is 24.4 Å². The van der Waals surface area contributed by atoms with E-state index in [2.05, 4.69) is 15.8 Å². The summed E-state index contributed by atoms with van der Waals surface area (Å²) in [6, 6.07) is 6.27. The highest BCUT2D eigenvalue weighted by molar-refractivity contribution is 14.1. The number of amides is 1. The van der Waals surface area contributed by atoms with E-state index in [0.717, 1.165) is 3.57 Å². The number of carbonyl (C=O) groups is 1. The van der Waals surface area contributed by atoms with Crippen LogP contribution in [0.4, 0.5) is 15.8 Å². The van der Waals surface area contributed by atoms with Crippen LogP contribution in [0, 0.1) is 9.39 Å². The van der Waals surface area contributed by atoms with Gasteiger partial charge in [-0.2, -0.15) is 0 Å². The second-order valence-corrected chi connectivity index (χ2v) is 7.71. The Labute approximate surface area is 168 Å². The zero-order valence-electron chi connectivity index (χ0n) is 14.5. The Morgan fingerprint density at radius 2 is 2.19 bits per heavy atom. The van der Waals surface area contributed by atoms with Gasteiger partial charge in [0.2, 0.25) is 5.76 Å². The van der Waals surface area contributed by atoms with Gasteiger partial charge in [0.1, 0.15) is 23.7 Å². The standard InChI is InChI=1S/C18H17FIN3O4/c1-18(2,25)9-26-23-17(24)16-15(11-8-21-6-5-14(11)27-16)22-13-4-3-10(20)7-12(13)19/h3-8,22,25H,9H2,1-2H3,(H,23,24). The lowest BCUT2D eigenvalue weighted by molar-refractivity contribution is -0.0528. The Balaban J connectivity index is 1.93. The zero-order chi connectivity index (χ0) is 19.6. The topological polar surface area (TPSA) is 96.6 Å². The maximum atomic E-state index is 14.2. The summed E-state index contributed by atoms with van der Waals surface area (Å²) >= 11 is 2.01. The number of nitrogens with zero attached hydrogens (tertiary/aromatic N) is 1. The van der Waals surface area contributed by atoms with E-state index in [9.17, 15) is 14.3 Å². The molecule has 0 aliphatic heterocycles. The number of furan rings is 1. The summed E-state index contributed by atoms with van der Waals surface area (Å²) in [5, 5.41) is 13.1. The molecule has 0 aliphatic carbocycles. The molecule has 3 rings (SSSR count). The molecule has 27 heavy (non-hydrogen) atoms. The summed E-state index contributed by atoms with van der Waals surface area (Å²) in [4.78, 5) is 21.5. The van der Waals surface area contributed by atoms with Gasteiger partial charge in [-0.05, 0) is 60.7 Å². The summed E-state index contributed by atoms with van der Waals surface area (Å²) in [6.45, 7) is 2.96. The minimum absolute atomic E-state index is 0.0910. The van der Waals surface area contributed by atoms with Gasteiger partial charge in [0.05, 0.1) is 16.7 Å². The zero-order valence-corrected chi connectivity index (χ0v) is 16.7. The molecule has 2 heterocycles. The molecule has 2 aromatic heterocycles. The molecule has 0 fully saturated rings. The van der Waals surface area contributed by atoms with Crippen molar-refractivity contribution in [1.29, 1.82) is 0 Å². The van der Waals surface area contributed by atoms with Gasteiger partial charge in [-0.3, -0.25) is 14.6 Å². The number of nitrogens with one attached hydrogen (secondary N) is 2. The highest BCUT2D eigenvalue weighted by Crippen LogP contribution is 2.33. The third-order valence-electron chi connectivity index (χ3n) is 3.48. The van der Waals surface area contributed by atoms with E-state index >= 15 is 0 Å². The number of aliphatic hydroxyl groups is 1. The Bertz CT molecular complexity index is 984. The van der Waals surface area contributed by atoms with Crippen molar-refractivity contribution in [3.05, 3.63) is 51.8 Å². The van der Waals surface area contributed by atoms with E-state index in [1.807, 2.05) is 22.6 Å². The first-order valence-corrected chi connectivity index (χ1v) is 9.05. The minimum Gasteiger partial charge on any atom is -0.448 e. The average molecular weight is 485 g/mol. The average Bonchev–Trinajstić information content (AvgIpc) is 2.95. The van der Waals surface area contributed by atoms with Gasteiger partial charge in [0, 0.05) is 16.0 Å². The fourth-order valence-corrected chi connectivity index (χ4v) is 2.73. The number of fused-ring (bicyclic) bond motifs is 1. The molecule has 0 bridgehead atoms. The van der Waals surface area contributed by atoms with Crippen LogP contribution in [0.3, 0.4) is 0 Å². The van der Waals surface area contributed by atoms with E-state index in [4.69, 9.17) is 9.25 Å². The molecule has 0 saturated heterocycles. The molecule has 9 heteroatoms. The second kappa shape index (κ2) is 7.79. The SMILES string of the molecule is CC(C)(O)CONC(=O)c1oc2ccncc2c1Nc1ccc(I)cc1F. The van der Waals surface area contributed by atoms with Gasteiger partial charge < -0.3 is 14.8 Å². The number of anilines is 2. The lowest BCUT2D eigenvalue weighted by atomic mass is 10.2. The molecule has 142 valence electrons. The number of halogens is 2. The van der Waals surface area contributed by atoms with E-state index in [1.54, 1.807) is 32.0 Å². The van der Waals surface area contributed by atoms with Gasteiger partial charge in [0.15, 0.2) is 0 Å². The highest BCUT2D eigenvalue weighted by Gasteiger charge is 2.23. The molecule has 7 nitrogen and oxygen atoms in total. The molecule has 0 atom stereocenters. The van der Waals surface area contributed by atoms with Crippen LogP contribution in [0.5, 0.6) is 0 Å². The van der Waals surface area contributed by atoms with Crippen LogP contribution in [0.15, 0.2) is 41.1 Å². The monoisotopic (exact) mass is 485 g/mol. The Kier molecular flexibility index (Phi) is 5.63. The lowest BCUT2D eigenvalue weighted by Gasteiger charge is -2.16. The van der Waals surface area contributed by atoms with Crippen LogP contribution in [0.2, 0.25) is 0 Å². The van der Waals surface area contributed by atoms with Crippen molar-refractivity contribution in [3.8, 4) is 0 Å². The Hall–Kier alpha value is -2.24. The van der Waals surface area contributed by atoms with E-state index < -0.39 is 17.3 Å². The smallest absolute Gasteiger partial charge is 0.312 e. The number of rotatable bonds is 6. The molecule has 0 spiro atoms. The molecule has 0 radical (unpaired) electrons.